The third-order valence-corrected chi connectivity index (χ3v) is 1.77. The van der Waals surface area contributed by atoms with Crippen LogP contribution in [0.1, 0.15) is 13.3 Å². The quantitative estimate of drug-likeness (QED) is 0.390. The summed E-state index contributed by atoms with van der Waals surface area (Å²) in [5.74, 6) is 0. The van der Waals surface area contributed by atoms with Crippen LogP contribution in [-0.4, -0.2) is 4.83 Å². The van der Waals surface area contributed by atoms with Gasteiger partial charge in [0.25, 0.3) is 0 Å². The normalized spacial score (nSPS) is 27.8. The highest BCUT2D eigenvalue weighted by atomic mass is 79.9. The van der Waals surface area contributed by atoms with Gasteiger partial charge in [-0.1, -0.05) is 39.7 Å². The van der Waals surface area contributed by atoms with Gasteiger partial charge >= 0.3 is 0 Å². The fourth-order valence-electron chi connectivity index (χ4n) is 0.779. The van der Waals surface area contributed by atoms with Gasteiger partial charge in [0.05, 0.1) is 4.83 Å². The van der Waals surface area contributed by atoms with Gasteiger partial charge in [-0.05, 0) is 13.3 Å². The van der Waals surface area contributed by atoms with Crippen molar-refractivity contribution in [1.82, 2.24) is 0 Å². The Labute approximate surface area is 58.4 Å². The van der Waals surface area contributed by atoms with Crippen LogP contribution in [0.15, 0.2) is 23.8 Å². The third kappa shape index (κ3) is 1.48. The highest BCUT2D eigenvalue weighted by molar-refractivity contribution is 9.09. The van der Waals surface area contributed by atoms with E-state index in [4.69, 9.17) is 0 Å². The SMILES string of the molecule is CC1=CC(Br)C=CC1. The van der Waals surface area contributed by atoms with E-state index in [-0.39, 0.29) is 0 Å². The molecule has 0 radical (unpaired) electrons. The van der Waals surface area contributed by atoms with Crippen LogP contribution in [0.5, 0.6) is 0 Å². The molecule has 1 unspecified atom stereocenters. The zero-order valence-electron chi connectivity index (χ0n) is 4.89. The fourth-order valence-corrected chi connectivity index (χ4v) is 1.45. The molecule has 0 spiro atoms. The second-order valence-corrected chi connectivity index (χ2v) is 3.15. The van der Waals surface area contributed by atoms with Gasteiger partial charge < -0.3 is 0 Å². The van der Waals surface area contributed by atoms with E-state index in [2.05, 4.69) is 41.1 Å². The average Bonchev–Trinajstić information content (AvgIpc) is 1.64. The summed E-state index contributed by atoms with van der Waals surface area (Å²) in [7, 11) is 0. The fraction of sp³-hybridized carbons (Fsp3) is 0.429. The molecule has 0 aromatic rings. The lowest BCUT2D eigenvalue weighted by atomic mass is 10.1. The first-order valence-corrected chi connectivity index (χ1v) is 3.68. The molecule has 44 valence electrons. The predicted molar refractivity (Wildman–Crippen MR) is 40.2 cm³/mol. The number of alkyl halides is 1. The van der Waals surface area contributed by atoms with Crippen LogP contribution < -0.4 is 0 Å². The summed E-state index contributed by atoms with van der Waals surface area (Å²) in [6.45, 7) is 2.15. The lowest BCUT2D eigenvalue weighted by Gasteiger charge is -2.05. The van der Waals surface area contributed by atoms with Crippen molar-refractivity contribution in [1.29, 1.82) is 0 Å². The molecule has 1 aliphatic rings. The Hall–Kier alpha value is -0.0400. The smallest absolute Gasteiger partial charge is 0.0508 e. The van der Waals surface area contributed by atoms with Crippen molar-refractivity contribution in [2.75, 3.05) is 0 Å². The summed E-state index contributed by atoms with van der Waals surface area (Å²) in [6.07, 6.45) is 7.70. The molecular formula is C7H9Br. The minimum atomic E-state index is 0.483. The topological polar surface area (TPSA) is 0 Å². The third-order valence-electron chi connectivity index (χ3n) is 1.20. The van der Waals surface area contributed by atoms with Gasteiger partial charge in [-0.2, -0.15) is 0 Å². The molecular weight excluding hydrogens is 164 g/mol. The van der Waals surface area contributed by atoms with Crippen molar-refractivity contribution in [3.8, 4) is 0 Å². The van der Waals surface area contributed by atoms with E-state index in [1.165, 1.54) is 5.57 Å². The lowest BCUT2D eigenvalue weighted by molar-refractivity contribution is 1.13. The summed E-state index contributed by atoms with van der Waals surface area (Å²) < 4.78 is 0. The molecule has 1 rings (SSSR count). The van der Waals surface area contributed by atoms with E-state index in [0.717, 1.165) is 6.42 Å². The second-order valence-electron chi connectivity index (χ2n) is 2.09. The molecule has 1 heteroatoms. The minimum Gasteiger partial charge on any atom is -0.0831 e. The molecule has 0 aromatic heterocycles. The molecule has 0 aromatic carbocycles. The molecule has 0 heterocycles. The van der Waals surface area contributed by atoms with Crippen molar-refractivity contribution >= 4 is 15.9 Å². The number of allylic oxidation sites excluding steroid dienone is 4. The standard InChI is InChI=1S/C7H9Br/c1-6-3-2-4-7(8)5-6/h2,4-5,7H,3H2,1H3. The van der Waals surface area contributed by atoms with Crippen molar-refractivity contribution in [3.63, 3.8) is 0 Å². The maximum atomic E-state index is 3.47. The molecule has 0 aliphatic heterocycles. The second kappa shape index (κ2) is 2.49. The van der Waals surface area contributed by atoms with Crippen LogP contribution in [0, 0.1) is 0 Å². The van der Waals surface area contributed by atoms with Gasteiger partial charge in [0.1, 0.15) is 0 Å². The minimum absolute atomic E-state index is 0.483. The molecule has 1 atom stereocenters. The molecule has 0 amide bonds. The molecule has 0 saturated heterocycles. The van der Waals surface area contributed by atoms with Gasteiger partial charge in [0, 0.05) is 0 Å². The summed E-state index contributed by atoms with van der Waals surface area (Å²) >= 11 is 3.47. The number of hydrogen-bond donors (Lipinski definition) is 0. The van der Waals surface area contributed by atoms with Crippen LogP contribution in [0.25, 0.3) is 0 Å². The number of hydrogen-bond acceptors (Lipinski definition) is 0. The van der Waals surface area contributed by atoms with E-state index in [0.29, 0.717) is 4.83 Å². The highest BCUT2D eigenvalue weighted by Crippen LogP contribution is 2.15. The van der Waals surface area contributed by atoms with Gasteiger partial charge in [-0.25, -0.2) is 0 Å². The Balaban J connectivity index is 2.60. The molecule has 1 aliphatic carbocycles. The molecule has 0 bridgehead atoms. The van der Waals surface area contributed by atoms with Crippen molar-refractivity contribution in [3.05, 3.63) is 23.8 Å². The number of halogens is 1. The molecule has 0 fully saturated rings. The monoisotopic (exact) mass is 172 g/mol. The van der Waals surface area contributed by atoms with Gasteiger partial charge in [-0.3, -0.25) is 0 Å². The summed E-state index contributed by atoms with van der Waals surface area (Å²) in [6, 6.07) is 0. The Bertz CT molecular complexity index is 133. The zero-order chi connectivity index (χ0) is 5.98. The van der Waals surface area contributed by atoms with E-state index in [1.54, 1.807) is 0 Å². The van der Waals surface area contributed by atoms with E-state index < -0.39 is 0 Å². The van der Waals surface area contributed by atoms with Gasteiger partial charge in [0.2, 0.25) is 0 Å². The van der Waals surface area contributed by atoms with Crippen molar-refractivity contribution < 1.29 is 0 Å². The van der Waals surface area contributed by atoms with Crippen molar-refractivity contribution in [2.24, 2.45) is 0 Å². The first kappa shape index (κ1) is 6.09. The summed E-state index contributed by atoms with van der Waals surface area (Å²) in [5.41, 5.74) is 1.45. The van der Waals surface area contributed by atoms with Crippen LogP contribution in [0.3, 0.4) is 0 Å². The molecule has 0 saturated carbocycles. The van der Waals surface area contributed by atoms with Crippen LogP contribution >= 0.6 is 15.9 Å². The Morgan fingerprint density at radius 2 is 2.50 bits per heavy atom. The summed E-state index contributed by atoms with van der Waals surface area (Å²) in [5, 5.41) is 0. The zero-order valence-corrected chi connectivity index (χ0v) is 6.48. The summed E-state index contributed by atoms with van der Waals surface area (Å²) in [4.78, 5) is 0.483. The van der Waals surface area contributed by atoms with Crippen LogP contribution in [0.2, 0.25) is 0 Å². The number of rotatable bonds is 0. The Kier molecular flexibility index (Phi) is 1.90. The van der Waals surface area contributed by atoms with Crippen molar-refractivity contribution in [2.45, 2.75) is 18.2 Å². The van der Waals surface area contributed by atoms with Gasteiger partial charge in [-0.15, -0.1) is 0 Å². The van der Waals surface area contributed by atoms with Crippen LogP contribution in [-0.2, 0) is 0 Å². The Morgan fingerprint density at radius 1 is 1.75 bits per heavy atom. The average molecular weight is 173 g/mol. The molecule has 0 nitrogen and oxygen atoms in total. The van der Waals surface area contributed by atoms with E-state index in [1.807, 2.05) is 0 Å². The first-order valence-electron chi connectivity index (χ1n) is 2.77. The highest BCUT2D eigenvalue weighted by Gasteiger charge is 1.98. The maximum Gasteiger partial charge on any atom is 0.0508 e. The van der Waals surface area contributed by atoms with Gasteiger partial charge in [0.15, 0.2) is 0 Å². The first-order chi connectivity index (χ1) is 3.79. The molecule has 0 N–H and O–H groups in total. The van der Waals surface area contributed by atoms with E-state index in [9.17, 15) is 0 Å². The van der Waals surface area contributed by atoms with E-state index >= 15 is 0 Å². The molecule has 8 heavy (non-hydrogen) atoms. The Morgan fingerprint density at radius 3 is 2.88 bits per heavy atom. The maximum absolute atomic E-state index is 3.47. The predicted octanol–water partition coefficient (Wildman–Crippen LogP) is 2.66. The lowest BCUT2D eigenvalue weighted by Crippen LogP contribution is -1.92. The largest absolute Gasteiger partial charge is 0.0831 e. The van der Waals surface area contributed by atoms with Crippen LogP contribution in [0.4, 0.5) is 0 Å².